The molecule has 27 heavy (non-hydrogen) atoms. The van der Waals surface area contributed by atoms with Gasteiger partial charge in [-0.25, -0.2) is 0 Å². The van der Waals surface area contributed by atoms with Crippen molar-refractivity contribution in [3.05, 3.63) is 34.9 Å². The van der Waals surface area contributed by atoms with Gasteiger partial charge in [0.25, 0.3) is 0 Å². The molecule has 1 aromatic rings. The molecule has 1 aromatic carbocycles. The van der Waals surface area contributed by atoms with E-state index in [1.165, 1.54) is 0 Å². The molecular formula is C19H29ClN4O3. The van der Waals surface area contributed by atoms with E-state index >= 15 is 0 Å². The van der Waals surface area contributed by atoms with Crippen LogP contribution in [0.5, 0.6) is 0 Å². The number of benzene rings is 1. The molecule has 1 aliphatic rings. The molecule has 7 nitrogen and oxygen atoms in total. The standard InChI is InChI=1S/C19H29ClN4O3/c1-27-13-8-22-19(26)15-24-11-9-23(10-12-24)14-18(25)21-7-6-16-2-4-17(20)5-3-16/h2-5H,6-15H2,1H3,(H,21,25)(H,22,26). The van der Waals surface area contributed by atoms with E-state index in [0.29, 0.717) is 32.8 Å². The number of hydrogen-bond acceptors (Lipinski definition) is 5. The lowest BCUT2D eigenvalue weighted by molar-refractivity contribution is -0.125. The molecule has 2 N–H and O–H groups in total. The van der Waals surface area contributed by atoms with Crippen LogP contribution in [0.4, 0.5) is 0 Å². The Kier molecular flexibility index (Phi) is 9.55. The van der Waals surface area contributed by atoms with Crippen molar-refractivity contribution in [3.8, 4) is 0 Å². The minimum absolute atomic E-state index is 0.0143. The fourth-order valence-corrected chi connectivity index (χ4v) is 3.04. The number of carbonyl (C=O) groups is 2. The molecule has 0 saturated carbocycles. The highest BCUT2D eigenvalue weighted by Crippen LogP contribution is 2.09. The number of hydrogen-bond donors (Lipinski definition) is 2. The largest absolute Gasteiger partial charge is 0.383 e. The normalized spacial score (nSPS) is 15.5. The van der Waals surface area contributed by atoms with E-state index in [1.807, 2.05) is 24.3 Å². The van der Waals surface area contributed by atoms with Crippen LogP contribution in [0, 0.1) is 0 Å². The molecule has 0 bridgehead atoms. The van der Waals surface area contributed by atoms with Crippen molar-refractivity contribution in [2.45, 2.75) is 6.42 Å². The van der Waals surface area contributed by atoms with Gasteiger partial charge in [0, 0.05) is 51.4 Å². The third-order valence-corrected chi connectivity index (χ3v) is 4.73. The number of carbonyl (C=O) groups excluding carboxylic acids is 2. The van der Waals surface area contributed by atoms with Crippen molar-refractivity contribution in [1.82, 2.24) is 20.4 Å². The van der Waals surface area contributed by atoms with Crippen molar-refractivity contribution >= 4 is 23.4 Å². The Hall–Kier alpha value is -1.67. The molecule has 0 aromatic heterocycles. The fourth-order valence-electron chi connectivity index (χ4n) is 2.91. The smallest absolute Gasteiger partial charge is 0.234 e. The predicted molar refractivity (Wildman–Crippen MR) is 106 cm³/mol. The Labute approximate surface area is 166 Å². The zero-order valence-corrected chi connectivity index (χ0v) is 16.6. The molecule has 0 spiro atoms. The fraction of sp³-hybridized carbons (Fsp3) is 0.579. The highest BCUT2D eigenvalue weighted by atomic mass is 35.5. The second-order valence-electron chi connectivity index (χ2n) is 6.62. The summed E-state index contributed by atoms with van der Waals surface area (Å²) in [7, 11) is 1.61. The first-order valence-electron chi connectivity index (χ1n) is 9.28. The summed E-state index contributed by atoms with van der Waals surface area (Å²) in [6.45, 7) is 5.61. The number of methoxy groups -OCH3 is 1. The van der Waals surface area contributed by atoms with Crippen LogP contribution in [-0.4, -0.2) is 87.7 Å². The Morgan fingerprint density at radius 3 is 2.00 bits per heavy atom. The van der Waals surface area contributed by atoms with Crippen LogP contribution in [0.3, 0.4) is 0 Å². The predicted octanol–water partition coefficient (Wildman–Crippen LogP) is 0.379. The maximum Gasteiger partial charge on any atom is 0.234 e. The maximum absolute atomic E-state index is 12.1. The van der Waals surface area contributed by atoms with Crippen LogP contribution in [0.1, 0.15) is 5.56 Å². The van der Waals surface area contributed by atoms with Gasteiger partial charge >= 0.3 is 0 Å². The lowest BCUT2D eigenvalue weighted by Crippen LogP contribution is -2.51. The number of nitrogens with zero attached hydrogens (tertiary/aromatic N) is 2. The minimum Gasteiger partial charge on any atom is -0.383 e. The van der Waals surface area contributed by atoms with Crippen molar-refractivity contribution in [2.24, 2.45) is 0 Å². The first-order chi connectivity index (χ1) is 13.1. The van der Waals surface area contributed by atoms with Crippen LogP contribution in [-0.2, 0) is 20.7 Å². The molecule has 1 heterocycles. The molecular weight excluding hydrogens is 368 g/mol. The summed E-state index contributed by atoms with van der Waals surface area (Å²) >= 11 is 5.87. The van der Waals surface area contributed by atoms with Crippen LogP contribution >= 0.6 is 11.6 Å². The number of nitrogens with one attached hydrogen (secondary N) is 2. The average Bonchev–Trinajstić information content (AvgIpc) is 2.65. The third-order valence-electron chi connectivity index (χ3n) is 4.48. The molecule has 2 rings (SSSR count). The van der Waals surface area contributed by atoms with Crippen molar-refractivity contribution in [1.29, 1.82) is 0 Å². The highest BCUT2D eigenvalue weighted by Gasteiger charge is 2.20. The second-order valence-corrected chi connectivity index (χ2v) is 7.06. The molecule has 1 aliphatic heterocycles. The number of piperazine rings is 1. The third kappa shape index (κ3) is 8.71. The summed E-state index contributed by atoms with van der Waals surface area (Å²) < 4.78 is 4.91. The van der Waals surface area contributed by atoms with Crippen LogP contribution in [0.2, 0.25) is 5.02 Å². The maximum atomic E-state index is 12.1. The number of rotatable bonds is 10. The van der Waals surface area contributed by atoms with Gasteiger partial charge < -0.3 is 15.4 Å². The van der Waals surface area contributed by atoms with Crippen LogP contribution < -0.4 is 10.6 Å². The van der Waals surface area contributed by atoms with Crippen molar-refractivity contribution < 1.29 is 14.3 Å². The first-order valence-corrected chi connectivity index (χ1v) is 9.66. The van der Waals surface area contributed by atoms with Gasteiger partial charge in [-0.1, -0.05) is 23.7 Å². The average molecular weight is 397 g/mol. The second kappa shape index (κ2) is 11.9. The number of halogens is 1. The van der Waals surface area contributed by atoms with Gasteiger partial charge in [-0.05, 0) is 24.1 Å². The zero-order chi connectivity index (χ0) is 19.5. The summed E-state index contributed by atoms with van der Waals surface area (Å²) in [5.74, 6) is 0.0511. The van der Waals surface area contributed by atoms with Gasteiger partial charge in [-0.15, -0.1) is 0 Å². The Bertz CT molecular complexity index is 589. The molecule has 0 atom stereocenters. The summed E-state index contributed by atoms with van der Waals surface area (Å²) in [6, 6.07) is 7.66. The van der Waals surface area contributed by atoms with Gasteiger partial charge in [-0.3, -0.25) is 19.4 Å². The van der Waals surface area contributed by atoms with Crippen LogP contribution in [0.15, 0.2) is 24.3 Å². The van der Waals surface area contributed by atoms with Gasteiger partial charge in [0.15, 0.2) is 0 Å². The van der Waals surface area contributed by atoms with Gasteiger partial charge in [-0.2, -0.15) is 0 Å². The molecule has 150 valence electrons. The molecule has 1 fully saturated rings. The number of ether oxygens (including phenoxy) is 1. The highest BCUT2D eigenvalue weighted by molar-refractivity contribution is 6.30. The summed E-state index contributed by atoms with van der Waals surface area (Å²) in [5, 5.41) is 6.50. The monoisotopic (exact) mass is 396 g/mol. The Morgan fingerprint density at radius 2 is 1.48 bits per heavy atom. The molecule has 1 saturated heterocycles. The Morgan fingerprint density at radius 1 is 0.963 bits per heavy atom. The van der Waals surface area contributed by atoms with Gasteiger partial charge in [0.2, 0.25) is 11.8 Å². The molecule has 0 aliphatic carbocycles. The molecule has 2 amide bonds. The molecule has 0 unspecified atom stereocenters. The van der Waals surface area contributed by atoms with Gasteiger partial charge in [0.05, 0.1) is 19.7 Å². The van der Waals surface area contributed by atoms with Crippen molar-refractivity contribution in [2.75, 3.05) is 66.1 Å². The molecule has 0 radical (unpaired) electrons. The minimum atomic E-state index is 0.0143. The first kappa shape index (κ1) is 21.6. The van der Waals surface area contributed by atoms with E-state index in [-0.39, 0.29) is 11.8 Å². The molecule has 8 heteroatoms. The van der Waals surface area contributed by atoms with E-state index in [1.54, 1.807) is 7.11 Å². The van der Waals surface area contributed by atoms with E-state index < -0.39 is 0 Å². The van der Waals surface area contributed by atoms with Crippen molar-refractivity contribution in [3.63, 3.8) is 0 Å². The van der Waals surface area contributed by atoms with E-state index in [2.05, 4.69) is 20.4 Å². The summed E-state index contributed by atoms with van der Waals surface area (Å²) in [4.78, 5) is 28.1. The summed E-state index contributed by atoms with van der Waals surface area (Å²) in [6.07, 6.45) is 0.787. The van der Waals surface area contributed by atoms with E-state index in [9.17, 15) is 9.59 Å². The quantitative estimate of drug-likeness (QED) is 0.559. The van der Waals surface area contributed by atoms with E-state index in [0.717, 1.165) is 43.2 Å². The summed E-state index contributed by atoms with van der Waals surface area (Å²) in [5.41, 5.74) is 1.15. The topological polar surface area (TPSA) is 73.9 Å². The Balaban J connectivity index is 1.57. The lowest BCUT2D eigenvalue weighted by Gasteiger charge is -2.33. The van der Waals surface area contributed by atoms with E-state index in [4.69, 9.17) is 16.3 Å². The number of amides is 2. The van der Waals surface area contributed by atoms with Gasteiger partial charge in [0.1, 0.15) is 0 Å². The lowest BCUT2D eigenvalue weighted by atomic mass is 10.1. The van der Waals surface area contributed by atoms with Crippen LogP contribution in [0.25, 0.3) is 0 Å². The zero-order valence-electron chi connectivity index (χ0n) is 15.9. The SMILES string of the molecule is COCCNC(=O)CN1CCN(CC(=O)NCCc2ccc(Cl)cc2)CC1.